The number of rotatable bonds is 6. The number of fused-ring (bicyclic) bond motifs is 1. The van der Waals surface area contributed by atoms with E-state index in [1.807, 2.05) is 36.0 Å². The summed E-state index contributed by atoms with van der Waals surface area (Å²) in [4.78, 5) is 0. The van der Waals surface area contributed by atoms with Crippen LogP contribution in [0.3, 0.4) is 0 Å². The van der Waals surface area contributed by atoms with E-state index in [1.165, 1.54) is 5.56 Å². The van der Waals surface area contributed by atoms with E-state index < -0.39 is 0 Å². The largest absolute Gasteiger partial charge is 0.393 e. The van der Waals surface area contributed by atoms with Gasteiger partial charge in [0.25, 0.3) is 0 Å². The summed E-state index contributed by atoms with van der Waals surface area (Å²) >= 11 is 0. The molecule has 1 unspecified atom stereocenters. The van der Waals surface area contributed by atoms with E-state index in [4.69, 9.17) is 0 Å². The van der Waals surface area contributed by atoms with Crippen LogP contribution in [0.2, 0.25) is 0 Å². The summed E-state index contributed by atoms with van der Waals surface area (Å²) in [5.41, 5.74) is 2.33. The molecular formula is C13H19N3O. The molecule has 0 amide bonds. The Morgan fingerprint density at radius 2 is 2.35 bits per heavy atom. The fraction of sp³-hybridized carbons (Fsp3) is 0.462. The van der Waals surface area contributed by atoms with Gasteiger partial charge in [0.15, 0.2) is 0 Å². The number of hydrogen-bond acceptors (Lipinski definition) is 3. The van der Waals surface area contributed by atoms with E-state index in [0.29, 0.717) is 0 Å². The molecule has 2 heterocycles. The van der Waals surface area contributed by atoms with Crippen molar-refractivity contribution >= 4 is 5.52 Å². The maximum atomic E-state index is 9.43. The van der Waals surface area contributed by atoms with E-state index in [2.05, 4.69) is 16.5 Å². The van der Waals surface area contributed by atoms with Crippen LogP contribution in [0.25, 0.3) is 5.52 Å². The van der Waals surface area contributed by atoms with Crippen LogP contribution in [0.5, 0.6) is 0 Å². The van der Waals surface area contributed by atoms with Crippen molar-refractivity contribution in [3.05, 3.63) is 36.2 Å². The highest BCUT2D eigenvalue weighted by Crippen LogP contribution is 2.09. The first kappa shape index (κ1) is 12.1. The highest BCUT2D eigenvalue weighted by molar-refractivity contribution is 5.53. The Labute approximate surface area is 101 Å². The zero-order valence-corrected chi connectivity index (χ0v) is 10.1. The van der Waals surface area contributed by atoms with Gasteiger partial charge in [0.1, 0.15) is 0 Å². The fourth-order valence-electron chi connectivity index (χ4n) is 1.82. The molecule has 0 radical (unpaired) electrons. The van der Waals surface area contributed by atoms with Crippen LogP contribution in [0.4, 0.5) is 0 Å². The minimum absolute atomic E-state index is 0.189. The zero-order valence-electron chi connectivity index (χ0n) is 10.1. The first-order valence-electron chi connectivity index (χ1n) is 6.11. The van der Waals surface area contributed by atoms with E-state index in [0.717, 1.165) is 31.4 Å². The molecule has 4 nitrogen and oxygen atoms in total. The van der Waals surface area contributed by atoms with Crippen molar-refractivity contribution in [1.82, 2.24) is 14.9 Å². The molecule has 0 fully saturated rings. The topological polar surface area (TPSA) is 49.6 Å². The van der Waals surface area contributed by atoms with Crippen LogP contribution in [0.15, 0.2) is 30.6 Å². The second-order valence-corrected chi connectivity index (χ2v) is 4.23. The number of aromatic nitrogens is 2. The summed E-state index contributed by atoms with van der Waals surface area (Å²) in [7, 11) is 0. The predicted octanol–water partition coefficient (Wildman–Crippen LogP) is 1.58. The number of aliphatic hydroxyl groups is 1. The van der Waals surface area contributed by atoms with Gasteiger partial charge in [-0.05, 0) is 31.5 Å². The second kappa shape index (κ2) is 5.80. The number of hydrogen-bond donors (Lipinski definition) is 2. The quantitative estimate of drug-likeness (QED) is 0.745. The van der Waals surface area contributed by atoms with Crippen LogP contribution >= 0.6 is 0 Å². The molecule has 0 saturated heterocycles. The van der Waals surface area contributed by atoms with Crippen molar-refractivity contribution in [2.45, 2.75) is 32.4 Å². The van der Waals surface area contributed by atoms with Gasteiger partial charge in [0.2, 0.25) is 0 Å². The first-order valence-corrected chi connectivity index (χ1v) is 6.11. The monoisotopic (exact) mass is 233 g/mol. The third-order valence-corrected chi connectivity index (χ3v) is 2.95. The third kappa shape index (κ3) is 3.05. The van der Waals surface area contributed by atoms with Crippen molar-refractivity contribution in [2.75, 3.05) is 6.54 Å². The molecule has 2 N–H and O–H groups in total. The molecule has 92 valence electrons. The molecule has 0 aliphatic rings. The molecule has 4 heteroatoms. The van der Waals surface area contributed by atoms with Gasteiger partial charge >= 0.3 is 0 Å². The van der Waals surface area contributed by atoms with Crippen molar-refractivity contribution in [1.29, 1.82) is 0 Å². The molecule has 0 aliphatic heterocycles. The lowest BCUT2D eigenvalue weighted by atomic mass is 10.2. The molecule has 2 aromatic heterocycles. The Balaban J connectivity index is 1.87. The summed E-state index contributed by atoms with van der Waals surface area (Å²) < 4.78 is 1.87. The SMILES string of the molecule is CCC(O)CCNCc1cnn2ccccc12. The van der Waals surface area contributed by atoms with Gasteiger partial charge in [-0.3, -0.25) is 0 Å². The summed E-state index contributed by atoms with van der Waals surface area (Å²) in [6.07, 6.45) is 5.26. The zero-order chi connectivity index (χ0) is 12.1. The van der Waals surface area contributed by atoms with E-state index >= 15 is 0 Å². The standard InChI is InChI=1S/C13H19N3O/c1-2-12(17)6-7-14-9-11-10-15-16-8-4-3-5-13(11)16/h3-5,8,10,12,14,17H,2,6-7,9H2,1H3. The summed E-state index contributed by atoms with van der Waals surface area (Å²) in [6.45, 7) is 3.62. The first-order chi connectivity index (χ1) is 8.31. The molecule has 0 aromatic carbocycles. The maximum Gasteiger partial charge on any atom is 0.0706 e. The van der Waals surface area contributed by atoms with E-state index in [1.54, 1.807) is 0 Å². The van der Waals surface area contributed by atoms with Crippen molar-refractivity contribution in [2.24, 2.45) is 0 Å². The van der Waals surface area contributed by atoms with Crippen molar-refractivity contribution in [3.8, 4) is 0 Å². The van der Waals surface area contributed by atoms with Crippen LogP contribution in [0, 0.1) is 0 Å². The Kier molecular flexibility index (Phi) is 4.12. The molecule has 0 saturated carbocycles. The Bertz CT molecular complexity index is 466. The molecule has 1 atom stereocenters. The molecule has 0 aliphatic carbocycles. The van der Waals surface area contributed by atoms with E-state index in [9.17, 15) is 5.11 Å². The molecule has 2 rings (SSSR count). The summed E-state index contributed by atoms with van der Waals surface area (Å²) in [5, 5.41) is 17.0. The van der Waals surface area contributed by atoms with Gasteiger partial charge in [-0.25, -0.2) is 4.52 Å². The minimum Gasteiger partial charge on any atom is -0.393 e. The number of aliphatic hydroxyl groups excluding tert-OH is 1. The summed E-state index contributed by atoms with van der Waals surface area (Å²) in [6, 6.07) is 6.04. The Hall–Kier alpha value is -1.39. The van der Waals surface area contributed by atoms with Gasteiger partial charge in [0.05, 0.1) is 17.8 Å². The second-order valence-electron chi connectivity index (χ2n) is 4.23. The highest BCUT2D eigenvalue weighted by Gasteiger charge is 2.03. The predicted molar refractivity (Wildman–Crippen MR) is 67.8 cm³/mol. The Morgan fingerprint density at radius 3 is 3.18 bits per heavy atom. The van der Waals surface area contributed by atoms with Crippen LogP contribution < -0.4 is 5.32 Å². The van der Waals surface area contributed by atoms with Gasteiger partial charge < -0.3 is 10.4 Å². The third-order valence-electron chi connectivity index (χ3n) is 2.95. The van der Waals surface area contributed by atoms with Gasteiger partial charge in [-0.1, -0.05) is 13.0 Å². The lowest BCUT2D eigenvalue weighted by molar-refractivity contribution is 0.159. The maximum absolute atomic E-state index is 9.43. The highest BCUT2D eigenvalue weighted by atomic mass is 16.3. The molecular weight excluding hydrogens is 214 g/mol. The lowest BCUT2D eigenvalue weighted by Crippen LogP contribution is -2.19. The van der Waals surface area contributed by atoms with Gasteiger partial charge in [-0.15, -0.1) is 0 Å². The number of pyridine rings is 1. The normalized spacial score (nSPS) is 13.1. The Morgan fingerprint density at radius 1 is 1.47 bits per heavy atom. The van der Waals surface area contributed by atoms with Crippen molar-refractivity contribution < 1.29 is 5.11 Å². The molecule has 2 aromatic rings. The number of nitrogens with zero attached hydrogens (tertiary/aromatic N) is 2. The molecule has 17 heavy (non-hydrogen) atoms. The number of nitrogens with one attached hydrogen (secondary N) is 1. The van der Waals surface area contributed by atoms with Crippen LogP contribution in [-0.4, -0.2) is 27.4 Å². The molecule has 0 bridgehead atoms. The van der Waals surface area contributed by atoms with Crippen molar-refractivity contribution in [3.63, 3.8) is 0 Å². The average molecular weight is 233 g/mol. The smallest absolute Gasteiger partial charge is 0.0706 e. The van der Waals surface area contributed by atoms with Crippen LogP contribution in [-0.2, 0) is 6.54 Å². The average Bonchev–Trinajstić information content (AvgIpc) is 2.78. The van der Waals surface area contributed by atoms with Gasteiger partial charge in [0, 0.05) is 18.3 Å². The minimum atomic E-state index is -0.189. The van der Waals surface area contributed by atoms with Crippen LogP contribution in [0.1, 0.15) is 25.3 Å². The van der Waals surface area contributed by atoms with Gasteiger partial charge in [-0.2, -0.15) is 5.10 Å². The van der Waals surface area contributed by atoms with E-state index in [-0.39, 0.29) is 6.10 Å². The molecule has 0 spiro atoms. The lowest BCUT2D eigenvalue weighted by Gasteiger charge is -2.08. The summed E-state index contributed by atoms with van der Waals surface area (Å²) in [5.74, 6) is 0. The fourth-order valence-corrected chi connectivity index (χ4v) is 1.82.